The Balaban J connectivity index is 2.00. The molecule has 2 aromatic heterocycles. The number of carbonyl (C=O) groups is 1. The average molecular weight is 292 g/mol. The van der Waals surface area contributed by atoms with E-state index in [1.807, 2.05) is 0 Å². The molecular formula is C9H7Cl2N3O2S. The highest BCUT2D eigenvalue weighted by Gasteiger charge is 2.10. The SMILES string of the molecule is Cc1cc(NC(=O)Nc2cc(Cl)sc2Cl)no1. The van der Waals surface area contributed by atoms with Gasteiger partial charge >= 0.3 is 6.03 Å². The summed E-state index contributed by atoms with van der Waals surface area (Å²) in [5, 5.41) is 8.67. The minimum Gasteiger partial charge on any atom is -0.360 e. The number of thiophene rings is 1. The highest BCUT2D eigenvalue weighted by atomic mass is 35.5. The van der Waals surface area contributed by atoms with E-state index in [4.69, 9.17) is 27.7 Å². The molecule has 5 nitrogen and oxygen atoms in total. The standard InChI is InChI=1S/C9H7Cl2N3O2S/c1-4-2-7(14-16-4)13-9(15)12-5-3-6(10)17-8(5)11/h2-3H,1H3,(H2,12,13,14,15). The van der Waals surface area contributed by atoms with Crippen molar-refractivity contribution in [3.8, 4) is 0 Å². The molecule has 2 rings (SSSR count). The highest BCUT2D eigenvalue weighted by Crippen LogP contribution is 2.35. The Hall–Kier alpha value is -1.24. The van der Waals surface area contributed by atoms with Crippen LogP contribution in [0.4, 0.5) is 16.3 Å². The zero-order chi connectivity index (χ0) is 12.4. The van der Waals surface area contributed by atoms with Crippen molar-refractivity contribution in [3.05, 3.63) is 26.6 Å². The fourth-order valence-electron chi connectivity index (χ4n) is 1.12. The summed E-state index contributed by atoms with van der Waals surface area (Å²) in [4.78, 5) is 11.6. The van der Waals surface area contributed by atoms with E-state index in [0.29, 0.717) is 25.9 Å². The Bertz CT molecular complexity index is 552. The van der Waals surface area contributed by atoms with Gasteiger partial charge in [0.1, 0.15) is 10.1 Å². The molecule has 0 aliphatic carbocycles. The maximum absolute atomic E-state index is 11.6. The van der Waals surface area contributed by atoms with E-state index in [1.54, 1.807) is 19.1 Å². The number of carbonyl (C=O) groups excluding carboxylic acids is 1. The number of rotatable bonds is 2. The number of anilines is 2. The van der Waals surface area contributed by atoms with Crippen LogP contribution in [-0.2, 0) is 0 Å². The normalized spacial score (nSPS) is 10.3. The molecule has 17 heavy (non-hydrogen) atoms. The molecule has 0 aliphatic heterocycles. The fraction of sp³-hybridized carbons (Fsp3) is 0.111. The summed E-state index contributed by atoms with van der Waals surface area (Å²) in [5.41, 5.74) is 0.458. The second-order valence-electron chi connectivity index (χ2n) is 3.14. The lowest BCUT2D eigenvalue weighted by molar-refractivity contribution is 0.262. The van der Waals surface area contributed by atoms with Crippen LogP contribution in [0, 0.1) is 6.92 Å². The predicted octanol–water partition coefficient (Wildman–Crippen LogP) is 4.00. The summed E-state index contributed by atoms with van der Waals surface area (Å²) in [6.07, 6.45) is 0. The Morgan fingerprint density at radius 3 is 2.71 bits per heavy atom. The molecule has 0 aliphatic rings. The summed E-state index contributed by atoms with van der Waals surface area (Å²) in [6, 6.07) is 2.71. The van der Waals surface area contributed by atoms with Gasteiger partial charge in [-0.25, -0.2) is 4.79 Å². The van der Waals surface area contributed by atoms with Gasteiger partial charge < -0.3 is 9.84 Å². The quantitative estimate of drug-likeness (QED) is 0.879. The molecule has 2 N–H and O–H groups in total. The molecule has 8 heteroatoms. The molecule has 0 radical (unpaired) electrons. The van der Waals surface area contributed by atoms with Gasteiger partial charge in [0.2, 0.25) is 0 Å². The molecule has 0 aromatic carbocycles. The number of nitrogens with zero attached hydrogens (tertiary/aromatic N) is 1. The van der Waals surface area contributed by atoms with E-state index in [9.17, 15) is 4.79 Å². The lowest BCUT2D eigenvalue weighted by Crippen LogP contribution is -2.19. The third-order valence-electron chi connectivity index (χ3n) is 1.77. The molecule has 90 valence electrons. The van der Waals surface area contributed by atoms with Gasteiger partial charge in [-0.1, -0.05) is 28.4 Å². The number of halogens is 2. The molecule has 2 aromatic rings. The summed E-state index contributed by atoms with van der Waals surface area (Å²) < 4.78 is 5.73. The summed E-state index contributed by atoms with van der Waals surface area (Å²) in [7, 11) is 0. The molecule has 0 unspecified atom stereocenters. The molecule has 2 amide bonds. The van der Waals surface area contributed by atoms with Crippen molar-refractivity contribution in [1.29, 1.82) is 0 Å². The number of aromatic nitrogens is 1. The van der Waals surface area contributed by atoms with Crippen molar-refractivity contribution >= 4 is 52.1 Å². The zero-order valence-electron chi connectivity index (χ0n) is 8.58. The number of urea groups is 1. The first-order valence-corrected chi connectivity index (χ1v) is 6.08. The van der Waals surface area contributed by atoms with Gasteiger partial charge in [-0.3, -0.25) is 5.32 Å². The zero-order valence-corrected chi connectivity index (χ0v) is 10.9. The van der Waals surface area contributed by atoms with Crippen molar-refractivity contribution in [3.63, 3.8) is 0 Å². The van der Waals surface area contributed by atoms with E-state index in [2.05, 4.69) is 15.8 Å². The molecule has 0 atom stereocenters. The Morgan fingerprint density at radius 2 is 2.18 bits per heavy atom. The fourth-order valence-corrected chi connectivity index (χ4v) is 2.50. The van der Waals surface area contributed by atoms with Gasteiger partial charge in [-0.2, -0.15) is 0 Å². The van der Waals surface area contributed by atoms with Crippen LogP contribution in [0.1, 0.15) is 5.76 Å². The first-order chi connectivity index (χ1) is 8.04. The van der Waals surface area contributed by atoms with Crippen LogP contribution in [0.5, 0.6) is 0 Å². The second kappa shape index (κ2) is 4.95. The largest absolute Gasteiger partial charge is 0.360 e. The van der Waals surface area contributed by atoms with Crippen LogP contribution in [-0.4, -0.2) is 11.2 Å². The Morgan fingerprint density at radius 1 is 1.41 bits per heavy atom. The molecule has 0 fully saturated rings. The molecule has 0 spiro atoms. The number of amides is 2. The van der Waals surface area contributed by atoms with Crippen molar-refractivity contribution in [2.24, 2.45) is 0 Å². The number of aryl methyl sites for hydroxylation is 1. The molecule has 0 saturated carbocycles. The highest BCUT2D eigenvalue weighted by molar-refractivity contribution is 7.20. The van der Waals surface area contributed by atoms with Crippen molar-refractivity contribution in [1.82, 2.24) is 5.16 Å². The third-order valence-corrected chi connectivity index (χ3v) is 3.26. The molecular weight excluding hydrogens is 285 g/mol. The van der Waals surface area contributed by atoms with Gasteiger partial charge in [-0.05, 0) is 13.0 Å². The van der Waals surface area contributed by atoms with Crippen LogP contribution >= 0.6 is 34.5 Å². The van der Waals surface area contributed by atoms with Gasteiger partial charge in [0, 0.05) is 6.07 Å². The van der Waals surface area contributed by atoms with Crippen LogP contribution in [0.25, 0.3) is 0 Å². The minimum absolute atomic E-state index is 0.331. The predicted molar refractivity (Wildman–Crippen MR) is 68.2 cm³/mol. The summed E-state index contributed by atoms with van der Waals surface area (Å²) in [5.74, 6) is 0.939. The molecule has 0 saturated heterocycles. The van der Waals surface area contributed by atoms with Gasteiger partial charge in [0.25, 0.3) is 0 Å². The van der Waals surface area contributed by atoms with Gasteiger partial charge in [-0.15, -0.1) is 11.3 Å². The summed E-state index contributed by atoms with van der Waals surface area (Å²) >= 11 is 12.8. The lowest BCUT2D eigenvalue weighted by atomic mass is 10.5. The summed E-state index contributed by atoms with van der Waals surface area (Å²) in [6.45, 7) is 1.73. The molecule has 0 bridgehead atoms. The van der Waals surface area contributed by atoms with Crippen LogP contribution < -0.4 is 10.6 Å². The maximum Gasteiger partial charge on any atom is 0.325 e. The molecule has 2 heterocycles. The van der Waals surface area contributed by atoms with Gasteiger partial charge in [0.15, 0.2) is 5.82 Å². The lowest BCUT2D eigenvalue weighted by Gasteiger charge is -2.02. The first-order valence-electron chi connectivity index (χ1n) is 4.51. The van der Waals surface area contributed by atoms with E-state index in [1.165, 1.54) is 11.3 Å². The topological polar surface area (TPSA) is 67.2 Å². The minimum atomic E-state index is -0.463. The van der Waals surface area contributed by atoms with Crippen LogP contribution in [0.15, 0.2) is 16.7 Å². The number of hydrogen-bond acceptors (Lipinski definition) is 4. The van der Waals surface area contributed by atoms with E-state index in [-0.39, 0.29) is 0 Å². The Kier molecular flexibility index (Phi) is 3.56. The van der Waals surface area contributed by atoms with Crippen LogP contribution in [0.2, 0.25) is 8.67 Å². The third kappa shape index (κ3) is 3.12. The first kappa shape index (κ1) is 12.2. The Labute approximate surface area is 111 Å². The maximum atomic E-state index is 11.6. The van der Waals surface area contributed by atoms with Gasteiger partial charge in [0.05, 0.1) is 10.0 Å². The average Bonchev–Trinajstić information content (AvgIpc) is 2.74. The van der Waals surface area contributed by atoms with E-state index in [0.717, 1.165) is 0 Å². The number of hydrogen-bond donors (Lipinski definition) is 2. The van der Waals surface area contributed by atoms with Crippen molar-refractivity contribution in [2.75, 3.05) is 10.6 Å². The smallest absolute Gasteiger partial charge is 0.325 e. The number of nitrogens with one attached hydrogen (secondary N) is 2. The van der Waals surface area contributed by atoms with E-state index < -0.39 is 6.03 Å². The van der Waals surface area contributed by atoms with Crippen molar-refractivity contribution < 1.29 is 9.32 Å². The van der Waals surface area contributed by atoms with Crippen LogP contribution in [0.3, 0.4) is 0 Å². The second-order valence-corrected chi connectivity index (χ2v) is 5.43. The van der Waals surface area contributed by atoms with Crippen molar-refractivity contribution in [2.45, 2.75) is 6.92 Å². The van der Waals surface area contributed by atoms with E-state index >= 15 is 0 Å². The monoisotopic (exact) mass is 291 g/mol.